The second-order valence-corrected chi connectivity index (χ2v) is 3.21. The maximum atomic E-state index is 11.4. The Bertz CT molecular complexity index is 374. The van der Waals surface area contributed by atoms with Gasteiger partial charge in [-0.1, -0.05) is 30.3 Å². The quantitative estimate of drug-likeness (QED) is 0.530. The third kappa shape index (κ3) is 1.29. The molecule has 1 N–H and O–H groups in total. The monoisotopic (exact) mass is 191 g/mol. The van der Waals surface area contributed by atoms with Crippen LogP contribution in [0.2, 0.25) is 0 Å². The van der Waals surface area contributed by atoms with Gasteiger partial charge in [0, 0.05) is 6.42 Å². The summed E-state index contributed by atoms with van der Waals surface area (Å²) in [6, 6.07) is 8.98. The Hall–Kier alpha value is -1.68. The van der Waals surface area contributed by atoms with Gasteiger partial charge in [-0.15, -0.1) is 0 Å². The van der Waals surface area contributed by atoms with E-state index in [-0.39, 0.29) is 11.5 Å². The van der Waals surface area contributed by atoms with Crippen molar-refractivity contribution in [3.63, 3.8) is 0 Å². The first-order chi connectivity index (χ1) is 6.70. The standard InChI is InChI=1S/C10H9NO3/c12-9-6-8(10(13)11(9)14)7-4-2-1-3-5-7/h1-5,8,14H,6H2. The summed E-state index contributed by atoms with van der Waals surface area (Å²) in [5, 5.41) is 9.24. The van der Waals surface area contributed by atoms with Gasteiger partial charge in [-0.2, -0.15) is 5.06 Å². The molecule has 0 aliphatic carbocycles. The normalized spacial score (nSPS) is 21.8. The lowest BCUT2D eigenvalue weighted by atomic mass is 9.98. The van der Waals surface area contributed by atoms with Crippen molar-refractivity contribution in [3.05, 3.63) is 35.9 Å². The number of imide groups is 1. The molecular weight excluding hydrogens is 182 g/mol. The minimum absolute atomic E-state index is 0.0549. The molecular formula is C10H9NO3. The van der Waals surface area contributed by atoms with Gasteiger partial charge < -0.3 is 0 Å². The highest BCUT2D eigenvalue weighted by Crippen LogP contribution is 2.27. The number of hydrogen-bond acceptors (Lipinski definition) is 3. The molecule has 1 aliphatic rings. The van der Waals surface area contributed by atoms with E-state index in [1.807, 2.05) is 6.07 Å². The van der Waals surface area contributed by atoms with Crippen LogP contribution in [-0.4, -0.2) is 22.1 Å². The lowest BCUT2D eigenvalue weighted by molar-refractivity contribution is -0.171. The third-order valence-electron chi connectivity index (χ3n) is 2.32. The van der Waals surface area contributed by atoms with Gasteiger partial charge >= 0.3 is 0 Å². The molecule has 1 atom stereocenters. The molecule has 0 saturated carbocycles. The molecule has 1 aromatic rings. The Morgan fingerprint density at radius 2 is 1.86 bits per heavy atom. The molecule has 1 heterocycles. The highest BCUT2D eigenvalue weighted by atomic mass is 16.5. The van der Waals surface area contributed by atoms with Crippen LogP contribution in [0.25, 0.3) is 0 Å². The lowest BCUT2D eigenvalue weighted by Gasteiger charge is -2.06. The fraction of sp³-hybridized carbons (Fsp3) is 0.200. The molecule has 2 rings (SSSR count). The average molecular weight is 191 g/mol. The molecule has 0 radical (unpaired) electrons. The van der Waals surface area contributed by atoms with E-state index in [0.29, 0.717) is 0 Å². The van der Waals surface area contributed by atoms with Gasteiger partial charge in [0.15, 0.2) is 0 Å². The summed E-state index contributed by atoms with van der Waals surface area (Å²) in [6.07, 6.45) is 0.0549. The Labute approximate surface area is 80.7 Å². The number of hydroxylamine groups is 2. The Morgan fingerprint density at radius 1 is 1.21 bits per heavy atom. The summed E-state index contributed by atoms with van der Waals surface area (Å²) in [6.45, 7) is 0. The van der Waals surface area contributed by atoms with Gasteiger partial charge in [0.2, 0.25) is 0 Å². The second-order valence-electron chi connectivity index (χ2n) is 3.21. The molecule has 0 bridgehead atoms. The zero-order chi connectivity index (χ0) is 10.1. The molecule has 72 valence electrons. The van der Waals surface area contributed by atoms with Gasteiger partial charge in [0.1, 0.15) is 0 Å². The topological polar surface area (TPSA) is 57.6 Å². The van der Waals surface area contributed by atoms with Crippen LogP contribution in [0.1, 0.15) is 17.9 Å². The molecule has 4 heteroatoms. The van der Waals surface area contributed by atoms with Gasteiger partial charge in [0.05, 0.1) is 5.92 Å². The van der Waals surface area contributed by atoms with Gasteiger partial charge in [0.25, 0.3) is 11.8 Å². The number of amides is 2. The number of carbonyl (C=O) groups is 2. The lowest BCUT2D eigenvalue weighted by Crippen LogP contribution is -2.26. The van der Waals surface area contributed by atoms with Crippen molar-refractivity contribution in [1.29, 1.82) is 0 Å². The Morgan fingerprint density at radius 3 is 2.36 bits per heavy atom. The zero-order valence-corrected chi connectivity index (χ0v) is 7.38. The molecule has 1 saturated heterocycles. The van der Waals surface area contributed by atoms with E-state index in [2.05, 4.69) is 0 Å². The summed E-state index contributed by atoms with van der Waals surface area (Å²) in [4.78, 5) is 22.4. The van der Waals surface area contributed by atoms with Crippen LogP contribution in [0.4, 0.5) is 0 Å². The van der Waals surface area contributed by atoms with Crippen molar-refractivity contribution in [1.82, 2.24) is 5.06 Å². The Balaban J connectivity index is 2.30. The molecule has 0 aromatic heterocycles. The van der Waals surface area contributed by atoms with Crippen LogP contribution < -0.4 is 0 Å². The van der Waals surface area contributed by atoms with Crippen LogP contribution in [0.3, 0.4) is 0 Å². The molecule has 1 unspecified atom stereocenters. The van der Waals surface area contributed by atoms with Crippen molar-refractivity contribution in [2.75, 3.05) is 0 Å². The summed E-state index contributed by atoms with van der Waals surface area (Å²) in [5.41, 5.74) is 0.766. The minimum atomic E-state index is -0.541. The fourth-order valence-corrected chi connectivity index (χ4v) is 1.56. The van der Waals surface area contributed by atoms with Gasteiger partial charge in [-0.25, -0.2) is 0 Å². The zero-order valence-electron chi connectivity index (χ0n) is 7.38. The van der Waals surface area contributed by atoms with Gasteiger partial charge in [-0.3, -0.25) is 14.8 Å². The number of rotatable bonds is 1. The summed E-state index contributed by atoms with van der Waals surface area (Å²) < 4.78 is 0. The fourth-order valence-electron chi connectivity index (χ4n) is 1.56. The first-order valence-corrected chi connectivity index (χ1v) is 4.31. The third-order valence-corrected chi connectivity index (χ3v) is 2.32. The van der Waals surface area contributed by atoms with E-state index in [0.717, 1.165) is 5.56 Å². The van der Waals surface area contributed by atoms with Crippen molar-refractivity contribution in [2.45, 2.75) is 12.3 Å². The number of carbonyl (C=O) groups excluding carboxylic acids is 2. The number of benzene rings is 1. The van der Waals surface area contributed by atoms with E-state index in [9.17, 15) is 9.59 Å². The molecule has 1 aliphatic heterocycles. The van der Waals surface area contributed by atoms with Crippen molar-refractivity contribution >= 4 is 11.8 Å². The maximum Gasteiger partial charge on any atom is 0.261 e. The van der Waals surface area contributed by atoms with Crippen LogP contribution in [0.15, 0.2) is 30.3 Å². The first kappa shape index (κ1) is 8.90. The van der Waals surface area contributed by atoms with Crippen LogP contribution in [0.5, 0.6) is 0 Å². The molecule has 0 spiro atoms. The van der Waals surface area contributed by atoms with Crippen LogP contribution >= 0.6 is 0 Å². The van der Waals surface area contributed by atoms with Crippen LogP contribution in [-0.2, 0) is 9.59 Å². The highest BCUT2D eigenvalue weighted by molar-refractivity contribution is 6.04. The minimum Gasteiger partial charge on any atom is -0.278 e. The molecule has 1 aromatic carbocycles. The van der Waals surface area contributed by atoms with E-state index < -0.39 is 17.7 Å². The van der Waals surface area contributed by atoms with Crippen molar-refractivity contribution in [2.24, 2.45) is 0 Å². The van der Waals surface area contributed by atoms with Crippen LogP contribution in [0, 0.1) is 0 Å². The van der Waals surface area contributed by atoms with Crippen molar-refractivity contribution < 1.29 is 14.8 Å². The van der Waals surface area contributed by atoms with E-state index >= 15 is 0 Å². The predicted octanol–water partition coefficient (Wildman–Crippen LogP) is 0.918. The van der Waals surface area contributed by atoms with Crippen molar-refractivity contribution in [3.8, 4) is 0 Å². The molecule has 14 heavy (non-hydrogen) atoms. The second kappa shape index (κ2) is 3.23. The Kier molecular flexibility index (Phi) is 2.05. The summed E-state index contributed by atoms with van der Waals surface area (Å²) in [7, 11) is 0. The number of hydrogen-bond donors (Lipinski definition) is 1. The smallest absolute Gasteiger partial charge is 0.261 e. The predicted molar refractivity (Wildman–Crippen MR) is 47.4 cm³/mol. The van der Waals surface area contributed by atoms with E-state index in [4.69, 9.17) is 5.21 Å². The SMILES string of the molecule is O=C1CC(c2ccccc2)C(=O)N1O. The molecule has 1 fully saturated rings. The number of nitrogens with zero attached hydrogens (tertiary/aromatic N) is 1. The first-order valence-electron chi connectivity index (χ1n) is 4.31. The summed E-state index contributed by atoms with van der Waals surface area (Å²) >= 11 is 0. The molecule has 2 amide bonds. The van der Waals surface area contributed by atoms with E-state index in [1.165, 1.54) is 0 Å². The highest BCUT2D eigenvalue weighted by Gasteiger charge is 2.38. The molecule has 4 nitrogen and oxygen atoms in total. The maximum absolute atomic E-state index is 11.4. The van der Waals surface area contributed by atoms with Gasteiger partial charge in [-0.05, 0) is 5.56 Å². The average Bonchev–Trinajstić information content (AvgIpc) is 2.47. The van der Waals surface area contributed by atoms with E-state index in [1.54, 1.807) is 24.3 Å². The largest absolute Gasteiger partial charge is 0.278 e. The summed E-state index contributed by atoms with van der Waals surface area (Å²) in [5.74, 6) is -1.60.